The second kappa shape index (κ2) is 4.95. The van der Waals surface area contributed by atoms with Crippen LogP contribution >= 0.6 is 0 Å². The van der Waals surface area contributed by atoms with E-state index < -0.39 is 0 Å². The van der Waals surface area contributed by atoms with Gasteiger partial charge in [-0.05, 0) is 18.1 Å². The Bertz CT molecular complexity index is 495. The Hall–Kier alpha value is -1.60. The highest BCUT2D eigenvalue weighted by Gasteiger charge is 2.27. The largest absolute Gasteiger partial charge is 0.298 e. The summed E-state index contributed by atoms with van der Waals surface area (Å²) in [4.78, 5) is 2.51. The van der Waals surface area contributed by atoms with Crippen LogP contribution in [-0.2, 0) is 6.54 Å². The van der Waals surface area contributed by atoms with E-state index in [4.69, 9.17) is 0 Å². The number of benzene rings is 2. The molecule has 2 aromatic rings. The molecular weight excluding hydrogens is 218 g/mol. The van der Waals surface area contributed by atoms with Gasteiger partial charge in [0.15, 0.2) is 0 Å². The molecule has 1 fully saturated rings. The van der Waals surface area contributed by atoms with Crippen LogP contribution in [0.5, 0.6) is 0 Å². The predicted octanol–water partition coefficient (Wildman–Crippen LogP) is 3.59. The van der Waals surface area contributed by atoms with Gasteiger partial charge in [-0.25, -0.2) is 0 Å². The van der Waals surface area contributed by atoms with Crippen LogP contribution in [-0.4, -0.2) is 18.0 Å². The molecule has 0 N–H and O–H groups in total. The zero-order valence-corrected chi connectivity index (χ0v) is 10.8. The molecule has 1 heteroatoms. The molecule has 0 aliphatic carbocycles. The van der Waals surface area contributed by atoms with Crippen molar-refractivity contribution in [3.63, 3.8) is 0 Å². The van der Waals surface area contributed by atoms with Crippen molar-refractivity contribution < 1.29 is 0 Å². The molecule has 1 aliphatic heterocycles. The summed E-state index contributed by atoms with van der Waals surface area (Å²) in [5.41, 5.74) is 4.25. The summed E-state index contributed by atoms with van der Waals surface area (Å²) in [5, 5.41) is 0. The van der Waals surface area contributed by atoms with E-state index in [0.29, 0.717) is 0 Å². The molecule has 1 aliphatic rings. The van der Waals surface area contributed by atoms with Crippen molar-refractivity contribution in [2.24, 2.45) is 0 Å². The second-order valence-electron chi connectivity index (χ2n) is 5.29. The lowest BCUT2D eigenvalue weighted by molar-refractivity contribution is 0.139. The van der Waals surface area contributed by atoms with E-state index in [1.165, 1.54) is 29.8 Å². The summed E-state index contributed by atoms with van der Waals surface area (Å²) in [5.74, 6) is 0.731. The highest BCUT2D eigenvalue weighted by atomic mass is 15.2. The van der Waals surface area contributed by atoms with E-state index >= 15 is 0 Å². The number of hydrogen-bond donors (Lipinski definition) is 0. The fraction of sp³-hybridized carbons (Fsp3) is 0.294. The minimum atomic E-state index is 0.731. The number of nitrogens with zero attached hydrogens (tertiary/aromatic N) is 1. The van der Waals surface area contributed by atoms with E-state index in [0.717, 1.165) is 12.5 Å². The van der Waals surface area contributed by atoms with Gasteiger partial charge < -0.3 is 0 Å². The highest BCUT2D eigenvalue weighted by molar-refractivity contribution is 5.27. The molecule has 1 saturated heterocycles. The van der Waals surface area contributed by atoms with Crippen molar-refractivity contribution >= 4 is 0 Å². The van der Waals surface area contributed by atoms with Crippen LogP contribution in [0.25, 0.3) is 0 Å². The van der Waals surface area contributed by atoms with Crippen LogP contribution < -0.4 is 0 Å². The summed E-state index contributed by atoms with van der Waals surface area (Å²) in [6, 6.07) is 19.7. The molecule has 18 heavy (non-hydrogen) atoms. The van der Waals surface area contributed by atoms with Crippen LogP contribution in [0.2, 0.25) is 0 Å². The molecule has 0 amide bonds. The SMILES string of the molecule is Cc1ccc(C2CN(Cc3ccccc3)C2)cc1. The molecule has 1 heterocycles. The van der Waals surface area contributed by atoms with Crippen molar-refractivity contribution in [3.8, 4) is 0 Å². The molecule has 0 unspecified atom stereocenters. The molecule has 0 radical (unpaired) electrons. The van der Waals surface area contributed by atoms with Gasteiger partial charge in [0.2, 0.25) is 0 Å². The molecule has 0 saturated carbocycles. The molecular formula is C17H19N. The first-order valence-electron chi connectivity index (χ1n) is 6.64. The first-order chi connectivity index (χ1) is 8.81. The molecule has 2 aromatic carbocycles. The first-order valence-corrected chi connectivity index (χ1v) is 6.64. The van der Waals surface area contributed by atoms with Gasteiger partial charge in [0, 0.05) is 25.6 Å². The van der Waals surface area contributed by atoms with Crippen molar-refractivity contribution in [1.82, 2.24) is 4.90 Å². The van der Waals surface area contributed by atoms with Crippen LogP contribution in [0.4, 0.5) is 0 Å². The lowest BCUT2D eigenvalue weighted by Crippen LogP contribution is -2.44. The summed E-state index contributed by atoms with van der Waals surface area (Å²) in [6.07, 6.45) is 0. The Morgan fingerprint density at radius 3 is 2.28 bits per heavy atom. The maximum atomic E-state index is 2.51. The zero-order valence-electron chi connectivity index (χ0n) is 10.8. The van der Waals surface area contributed by atoms with E-state index in [2.05, 4.69) is 66.4 Å². The second-order valence-corrected chi connectivity index (χ2v) is 5.29. The molecule has 0 aromatic heterocycles. The van der Waals surface area contributed by atoms with Crippen LogP contribution in [0, 0.1) is 6.92 Å². The standard InChI is InChI=1S/C17H19N/c1-14-7-9-16(10-8-14)17-12-18(13-17)11-15-5-3-2-4-6-15/h2-10,17H,11-13H2,1H3. The summed E-state index contributed by atoms with van der Waals surface area (Å²) < 4.78 is 0. The fourth-order valence-corrected chi connectivity index (χ4v) is 2.59. The molecule has 0 atom stereocenters. The third kappa shape index (κ3) is 2.46. The van der Waals surface area contributed by atoms with E-state index in [-0.39, 0.29) is 0 Å². The number of likely N-dealkylation sites (tertiary alicyclic amines) is 1. The molecule has 1 nitrogen and oxygen atoms in total. The van der Waals surface area contributed by atoms with Gasteiger partial charge in [-0.15, -0.1) is 0 Å². The lowest BCUT2D eigenvalue weighted by Gasteiger charge is -2.39. The van der Waals surface area contributed by atoms with E-state index in [1.54, 1.807) is 0 Å². The van der Waals surface area contributed by atoms with Gasteiger partial charge in [0.1, 0.15) is 0 Å². The van der Waals surface area contributed by atoms with Gasteiger partial charge in [-0.2, -0.15) is 0 Å². The maximum absolute atomic E-state index is 2.51. The maximum Gasteiger partial charge on any atom is 0.0234 e. The van der Waals surface area contributed by atoms with Crippen molar-refractivity contribution in [3.05, 3.63) is 71.3 Å². The fourth-order valence-electron chi connectivity index (χ4n) is 2.59. The minimum Gasteiger partial charge on any atom is -0.298 e. The first kappa shape index (κ1) is 11.5. The average Bonchev–Trinajstić information content (AvgIpc) is 2.36. The van der Waals surface area contributed by atoms with E-state index in [9.17, 15) is 0 Å². The smallest absolute Gasteiger partial charge is 0.0234 e. The van der Waals surface area contributed by atoms with Gasteiger partial charge >= 0.3 is 0 Å². The third-order valence-electron chi connectivity index (χ3n) is 3.75. The normalized spacial score (nSPS) is 16.5. The third-order valence-corrected chi connectivity index (χ3v) is 3.75. The molecule has 0 bridgehead atoms. The number of rotatable bonds is 3. The lowest BCUT2D eigenvalue weighted by atomic mass is 9.90. The summed E-state index contributed by atoms with van der Waals surface area (Å²) >= 11 is 0. The average molecular weight is 237 g/mol. The Morgan fingerprint density at radius 1 is 0.944 bits per heavy atom. The van der Waals surface area contributed by atoms with Gasteiger partial charge in [0.25, 0.3) is 0 Å². The monoisotopic (exact) mass is 237 g/mol. The van der Waals surface area contributed by atoms with Crippen LogP contribution in [0.15, 0.2) is 54.6 Å². The van der Waals surface area contributed by atoms with Crippen LogP contribution in [0.3, 0.4) is 0 Å². The van der Waals surface area contributed by atoms with Crippen molar-refractivity contribution in [2.75, 3.05) is 13.1 Å². The van der Waals surface area contributed by atoms with Gasteiger partial charge in [-0.1, -0.05) is 60.2 Å². The van der Waals surface area contributed by atoms with Gasteiger partial charge in [0.05, 0.1) is 0 Å². The van der Waals surface area contributed by atoms with Crippen molar-refractivity contribution in [1.29, 1.82) is 0 Å². The van der Waals surface area contributed by atoms with Crippen LogP contribution in [0.1, 0.15) is 22.6 Å². The Kier molecular flexibility index (Phi) is 3.16. The summed E-state index contributed by atoms with van der Waals surface area (Å²) in [6.45, 7) is 5.62. The van der Waals surface area contributed by atoms with Gasteiger partial charge in [-0.3, -0.25) is 4.90 Å². The van der Waals surface area contributed by atoms with E-state index in [1.807, 2.05) is 0 Å². The quantitative estimate of drug-likeness (QED) is 0.788. The predicted molar refractivity (Wildman–Crippen MR) is 75.6 cm³/mol. The number of aryl methyl sites for hydroxylation is 1. The Morgan fingerprint density at radius 2 is 1.61 bits per heavy atom. The summed E-state index contributed by atoms with van der Waals surface area (Å²) in [7, 11) is 0. The minimum absolute atomic E-state index is 0.731. The number of hydrogen-bond acceptors (Lipinski definition) is 1. The molecule has 3 rings (SSSR count). The molecule has 92 valence electrons. The topological polar surface area (TPSA) is 3.24 Å². The highest BCUT2D eigenvalue weighted by Crippen LogP contribution is 2.28. The Labute approximate surface area is 109 Å². The zero-order chi connectivity index (χ0) is 12.4. The molecule has 0 spiro atoms. The van der Waals surface area contributed by atoms with Crippen molar-refractivity contribution in [2.45, 2.75) is 19.4 Å². The Balaban J connectivity index is 1.56.